The maximum Gasteiger partial charge on any atom is 0.258 e. The van der Waals surface area contributed by atoms with Crippen molar-refractivity contribution in [1.82, 2.24) is 0 Å². The van der Waals surface area contributed by atoms with Crippen LogP contribution in [-0.2, 0) is 0 Å². The van der Waals surface area contributed by atoms with E-state index in [0.717, 1.165) is 24.2 Å². The fraction of sp³-hybridized carbons (Fsp3) is 0.222. The minimum atomic E-state index is 0.101. The summed E-state index contributed by atoms with van der Waals surface area (Å²) in [6, 6.07) is 26.8. The molecule has 1 amide bonds. The Morgan fingerprint density at radius 2 is 1.62 bits per heavy atom. The lowest BCUT2D eigenvalue weighted by atomic mass is 9.75. The molecule has 1 heterocycles. The standard InChI is InChI=1S/C27H25NO/c1-18(20-10-5-3-6-11-20)24-16-22-17-28(27(29)21-12-7-4-8-13-21)25-15-9-14-23(19(24)2)26(22)25/h3-15,18,22H,16-17H2,1-2H3/t18?,22-/m1/s1. The van der Waals surface area contributed by atoms with E-state index < -0.39 is 0 Å². The lowest BCUT2D eigenvalue weighted by Crippen LogP contribution is -2.30. The molecule has 1 aliphatic carbocycles. The van der Waals surface area contributed by atoms with E-state index >= 15 is 0 Å². The molecule has 5 rings (SSSR count). The van der Waals surface area contributed by atoms with Crippen molar-refractivity contribution >= 4 is 17.2 Å². The SMILES string of the molecule is CC1=C(C(C)c2ccccc2)C[C@@H]2CN(C(=O)c3ccccc3)c3cccc1c32. The van der Waals surface area contributed by atoms with E-state index in [9.17, 15) is 4.79 Å². The summed E-state index contributed by atoms with van der Waals surface area (Å²) in [6.07, 6.45) is 1.02. The van der Waals surface area contributed by atoms with Crippen LogP contribution < -0.4 is 4.90 Å². The molecule has 0 spiro atoms. The van der Waals surface area contributed by atoms with Gasteiger partial charge in [0.2, 0.25) is 0 Å². The van der Waals surface area contributed by atoms with Gasteiger partial charge in [-0.1, -0.05) is 73.2 Å². The van der Waals surface area contributed by atoms with Crippen LogP contribution in [0, 0.1) is 0 Å². The minimum absolute atomic E-state index is 0.101. The van der Waals surface area contributed by atoms with E-state index in [4.69, 9.17) is 0 Å². The highest BCUT2D eigenvalue weighted by Crippen LogP contribution is 2.51. The number of amides is 1. The molecule has 0 radical (unpaired) electrons. The van der Waals surface area contributed by atoms with Gasteiger partial charge < -0.3 is 4.90 Å². The normalized spacial score (nSPS) is 18.6. The van der Waals surface area contributed by atoms with Gasteiger partial charge in [0.15, 0.2) is 0 Å². The quantitative estimate of drug-likeness (QED) is 0.515. The first kappa shape index (κ1) is 17.9. The summed E-state index contributed by atoms with van der Waals surface area (Å²) in [5.41, 5.74) is 8.76. The third-order valence-electron chi connectivity index (χ3n) is 6.63. The number of rotatable bonds is 3. The number of nitrogens with zero attached hydrogens (tertiary/aromatic N) is 1. The first-order valence-corrected chi connectivity index (χ1v) is 10.4. The molecular formula is C27H25NO. The largest absolute Gasteiger partial charge is 0.307 e. The molecule has 2 atom stereocenters. The molecular weight excluding hydrogens is 354 g/mol. The molecule has 0 bridgehead atoms. The highest BCUT2D eigenvalue weighted by atomic mass is 16.2. The number of benzene rings is 3. The number of allylic oxidation sites excluding steroid dienone is 2. The van der Waals surface area contributed by atoms with E-state index in [1.165, 1.54) is 27.8 Å². The van der Waals surface area contributed by atoms with Gasteiger partial charge >= 0.3 is 0 Å². The Balaban J connectivity index is 1.54. The fourth-order valence-electron chi connectivity index (χ4n) is 5.09. The van der Waals surface area contributed by atoms with Crippen molar-refractivity contribution in [2.45, 2.75) is 32.1 Å². The van der Waals surface area contributed by atoms with Crippen molar-refractivity contribution in [3.05, 3.63) is 107 Å². The second kappa shape index (κ2) is 7.04. The molecule has 3 aromatic rings. The highest BCUT2D eigenvalue weighted by molar-refractivity contribution is 6.08. The summed E-state index contributed by atoms with van der Waals surface area (Å²) in [6.45, 7) is 5.32. The van der Waals surface area contributed by atoms with Crippen LogP contribution >= 0.6 is 0 Å². The first-order chi connectivity index (χ1) is 14.1. The van der Waals surface area contributed by atoms with Gasteiger partial charge in [-0.3, -0.25) is 4.79 Å². The fourth-order valence-corrected chi connectivity index (χ4v) is 5.09. The Labute approximate surface area is 172 Å². The van der Waals surface area contributed by atoms with E-state index in [2.05, 4.69) is 62.4 Å². The van der Waals surface area contributed by atoms with Gasteiger partial charge in [0.1, 0.15) is 0 Å². The number of carbonyl (C=O) groups excluding carboxylic acids is 1. The zero-order valence-electron chi connectivity index (χ0n) is 16.9. The van der Waals surface area contributed by atoms with Crippen molar-refractivity contribution in [3.8, 4) is 0 Å². The van der Waals surface area contributed by atoms with E-state index in [0.29, 0.717) is 11.8 Å². The Morgan fingerprint density at radius 3 is 2.34 bits per heavy atom. The zero-order valence-corrected chi connectivity index (χ0v) is 16.9. The average molecular weight is 380 g/mol. The molecule has 2 aliphatic rings. The molecule has 29 heavy (non-hydrogen) atoms. The number of anilines is 1. The van der Waals surface area contributed by atoms with Crippen LogP contribution in [0.5, 0.6) is 0 Å². The van der Waals surface area contributed by atoms with E-state index in [1.807, 2.05) is 35.2 Å². The maximum absolute atomic E-state index is 13.2. The highest BCUT2D eigenvalue weighted by Gasteiger charge is 2.38. The van der Waals surface area contributed by atoms with Crippen molar-refractivity contribution in [2.24, 2.45) is 0 Å². The summed E-state index contributed by atoms with van der Waals surface area (Å²) in [5, 5.41) is 0. The minimum Gasteiger partial charge on any atom is -0.307 e. The average Bonchev–Trinajstić information content (AvgIpc) is 3.16. The Morgan fingerprint density at radius 1 is 0.931 bits per heavy atom. The zero-order chi connectivity index (χ0) is 20.0. The maximum atomic E-state index is 13.2. The molecule has 0 saturated heterocycles. The molecule has 0 N–H and O–H groups in total. The molecule has 2 nitrogen and oxygen atoms in total. The topological polar surface area (TPSA) is 20.3 Å². The molecule has 0 fully saturated rings. The van der Waals surface area contributed by atoms with E-state index in [-0.39, 0.29) is 5.91 Å². The van der Waals surface area contributed by atoms with Crippen molar-refractivity contribution < 1.29 is 4.79 Å². The second-order valence-corrected chi connectivity index (χ2v) is 8.20. The first-order valence-electron chi connectivity index (χ1n) is 10.4. The van der Waals surface area contributed by atoms with Gasteiger partial charge in [-0.2, -0.15) is 0 Å². The Bertz CT molecular complexity index is 1100. The molecule has 0 saturated carbocycles. The van der Waals surface area contributed by atoms with Gasteiger partial charge in [-0.25, -0.2) is 0 Å². The molecule has 3 aromatic carbocycles. The van der Waals surface area contributed by atoms with Gasteiger partial charge in [0.25, 0.3) is 5.91 Å². The third kappa shape index (κ3) is 2.91. The molecule has 2 heteroatoms. The summed E-state index contributed by atoms with van der Waals surface area (Å²) in [4.78, 5) is 15.2. The molecule has 1 aliphatic heterocycles. The molecule has 0 aromatic heterocycles. The van der Waals surface area contributed by atoms with Crippen molar-refractivity contribution in [2.75, 3.05) is 11.4 Å². The van der Waals surface area contributed by atoms with Crippen LogP contribution in [0.15, 0.2) is 84.4 Å². The van der Waals surface area contributed by atoms with Crippen LogP contribution in [0.4, 0.5) is 5.69 Å². The van der Waals surface area contributed by atoms with E-state index in [1.54, 1.807) is 0 Å². The Hall–Kier alpha value is -3.13. The predicted molar refractivity (Wildman–Crippen MR) is 119 cm³/mol. The summed E-state index contributed by atoms with van der Waals surface area (Å²) >= 11 is 0. The van der Waals surface area contributed by atoms with Gasteiger partial charge in [0, 0.05) is 29.6 Å². The van der Waals surface area contributed by atoms with Crippen molar-refractivity contribution in [1.29, 1.82) is 0 Å². The summed E-state index contributed by atoms with van der Waals surface area (Å²) in [5.74, 6) is 0.856. The second-order valence-electron chi connectivity index (χ2n) is 8.20. The Kier molecular flexibility index (Phi) is 4.35. The summed E-state index contributed by atoms with van der Waals surface area (Å²) in [7, 11) is 0. The van der Waals surface area contributed by atoms with Crippen LogP contribution in [0.2, 0.25) is 0 Å². The van der Waals surface area contributed by atoms with Crippen LogP contribution in [0.1, 0.15) is 59.2 Å². The van der Waals surface area contributed by atoms with Crippen molar-refractivity contribution in [3.63, 3.8) is 0 Å². The number of carbonyl (C=O) groups is 1. The van der Waals surface area contributed by atoms with Gasteiger partial charge in [0.05, 0.1) is 0 Å². The number of hydrogen-bond donors (Lipinski definition) is 0. The van der Waals surface area contributed by atoms with Gasteiger partial charge in [-0.15, -0.1) is 0 Å². The lowest BCUT2D eigenvalue weighted by Gasteiger charge is -2.29. The lowest BCUT2D eigenvalue weighted by molar-refractivity contribution is 0.0988. The van der Waals surface area contributed by atoms with Crippen LogP contribution in [-0.4, -0.2) is 12.5 Å². The van der Waals surface area contributed by atoms with Crippen LogP contribution in [0.25, 0.3) is 5.57 Å². The monoisotopic (exact) mass is 379 g/mol. The smallest absolute Gasteiger partial charge is 0.258 e. The van der Waals surface area contributed by atoms with Crippen LogP contribution in [0.3, 0.4) is 0 Å². The predicted octanol–water partition coefficient (Wildman–Crippen LogP) is 6.41. The molecule has 144 valence electrons. The third-order valence-corrected chi connectivity index (χ3v) is 6.63. The number of hydrogen-bond acceptors (Lipinski definition) is 1. The molecule has 1 unspecified atom stereocenters. The van der Waals surface area contributed by atoms with Gasteiger partial charge in [-0.05, 0) is 53.8 Å². The summed E-state index contributed by atoms with van der Waals surface area (Å²) < 4.78 is 0.